The van der Waals surface area contributed by atoms with Gasteiger partial charge in [-0.15, -0.1) is 0 Å². The summed E-state index contributed by atoms with van der Waals surface area (Å²) in [6, 6.07) is 7.93. The molecule has 0 aliphatic heterocycles. The van der Waals surface area contributed by atoms with Crippen molar-refractivity contribution in [2.24, 2.45) is 5.73 Å². The summed E-state index contributed by atoms with van der Waals surface area (Å²) in [4.78, 5) is 0. The van der Waals surface area contributed by atoms with Crippen LogP contribution >= 0.6 is 15.9 Å². The Morgan fingerprint density at radius 3 is 2.57 bits per heavy atom. The number of ether oxygens (including phenoxy) is 1. The van der Waals surface area contributed by atoms with E-state index in [1.54, 1.807) is 0 Å². The van der Waals surface area contributed by atoms with Crippen LogP contribution in [0.4, 0.5) is 0 Å². The van der Waals surface area contributed by atoms with E-state index >= 15 is 0 Å². The summed E-state index contributed by atoms with van der Waals surface area (Å²) in [7, 11) is 0. The van der Waals surface area contributed by atoms with Gasteiger partial charge in [0.25, 0.3) is 0 Å². The van der Waals surface area contributed by atoms with Gasteiger partial charge in [0.2, 0.25) is 0 Å². The number of halogens is 1. The molecule has 0 radical (unpaired) electrons. The summed E-state index contributed by atoms with van der Waals surface area (Å²) in [5, 5.41) is 0. The Morgan fingerprint density at radius 2 is 2.00 bits per heavy atom. The van der Waals surface area contributed by atoms with Crippen LogP contribution in [0.25, 0.3) is 0 Å². The number of hydrogen-bond acceptors (Lipinski definition) is 2. The molecule has 0 saturated carbocycles. The fourth-order valence-electron chi connectivity index (χ4n) is 1.19. The highest BCUT2D eigenvalue weighted by Gasteiger charge is 2.01. The lowest BCUT2D eigenvalue weighted by atomic mass is 10.2. The van der Waals surface area contributed by atoms with Crippen LogP contribution < -0.4 is 10.5 Å². The molecule has 2 N–H and O–H groups in total. The predicted octanol–water partition coefficient (Wildman–Crippen LogP) is 2.96. The minimum absolute atomic E-state index is 0.142. The molecular weight excluding hydrogens is 242 g/mol. The van der Waals surface area contributed by atoms with Gasteiger partial charge in [-0.05, 0) is 30.7 Å². The Bertz CT molecular complexity index is 260. The SMILES string of the molecule is CCCC(N)COc1ccc(Br)cc1. The lowest BCUT2D eigenvalue weighted by Crippen LogP contribution is -2.27. The van der Waals surface area contributed by atoms with Gasteiger partial charge in [0.05, 0.1) is 0 Å². The minimum Gasteiger partial charge on any atom is -0.492 e. The van der Waals surface area contributed by atoms with Crippen LogP contribution in [-0.4, -0.2) is 12.6 Å². The molecule has 2 nitrogen and oxygen atoms in total. The molecule has 0 bridgehead atoms. The molecule has 1 atom stereocenters. The second-order valence-corrected chi connectivity index (χ2v) is 4.23. The van der Waals surface area contributed by atoms with Gasteiger partial charge in [0.1, 0.15) is 12.4 Å². The molecule has 0 heterocycles. The van der Waals surface area contributed by atoms with E-state index in [1.807, 2.05) is 24.3 Å². The largest absolute Gasteiger partial charge is 0.492 e. The van der Waals surface area contributed by atoms with Crippen LogP contribution in [0.3, 0.4) is 0 Å². The predicted molar refractivity (Wildman–Crippen MR) is 62.5 cm³/mol. The monoisotopic (exact) mass is 257 g/mol. The summed E-state index contributed by atoms with van der Waals surface area (Å²) < 4.78 is 6.59. The Balaban J connectivity index is 2.34. The third-order valence-electron chi connectivity index (χ3n) is 1.94. The van der Waals surface area contributed by atoms with Crippen molar-refractivity contribution in [1.82, 2.24) is 0 Å². The Kier molecular flexibility index (Phi) is 4.98. The maximum atomic E-state index is 5.83. The number of rotatable bonds is 5. The lowest BCUT2D eigenvalue weighted by molar-refractivity contribution is 0.281. The van der Waals surface area contributed by atoms with E-state index in [2.05, 4.69) is 22.9 Å². The van der Waals surface area contributed by atoms with Crippen LogP contribution in [0.1, 0.15) is 19.8 Å². The van der Waals surface area contributed by atoms with E-state index in [0.29, 0.717) is 6.61 Å². The third-order valence-corrected chi connectivity index (χ3v) is 2.47. The van der Waals surface area contributed by atoms with Crippen molar-refractivity contribution in [3.8, 4) is 5.75 Å². The number of hydrogen-bond donors (Lipinski definition) is 1. The van der Waals surface area contributed by atoms with E-state index in [1.165, 1.54) is 0 Å². The Hall–Kier alpha value is -0.540. The molecule has 3 heteroatoms. The fourth-order valence-corrected chi connectivity index (χ4v) is 1.45. The van der Waals surface area contributed by atoms with Gasteiger partial charge in [0.15, 0.2) is 0 Å². The van der Waals surface area contributed by atoms with Crippen molar-refractivity contribution in [2.45, 2.75) is 25.8 Å². The maximum absolute atomic E-state index is 5.83. The van der Waals surface area contributed by atoms with Crippen molar-refractivity contribution in [3.63, 3.8) is 0 Å². The standard InChI is InChI=1S/C11H16BrNO/c1-2-3-10(13)8-14-11-6-4-9(12)5-7-11/h4-7,10H,2-3,8,13H2,1H3. The topological polar surface area (TPSA) is 35.2 Å². The van der Waals surface area contributed by atoms with E-state index in [0.717, 1.165) is 23.1 Å². The normalized spacial score (nSPS) is 12.5. The first kappa shape index (κ1) is 11.5. The van der Waals surface area contributed by atoms with Gasteiger partial charge in [-0.3, -0.25) is 0 Å². The van der Waals surface area contributed by atoms with E-state index in [-0.39, 0.29) is 6.04 Å². The highest BCUT2D eigenvalue weighted by molar-refractivity contribution is 9.10. The second-order valence-electron chi connectivity index (χ2n) is 3.31. The van der Waals surface area contributed by atoms with Crippen molar-refractivity contribution in [1.29, 1.82) is 0 Å². The molecule has 0 aromatic heterocycles. The lowest BCUT2D eigenvalue weighted by Gasteiger charge is -2.11. The molecule has 0 saturated heterocycles. The number of nitrogens with two attached hydrogens (primary N) is 1. The zero-order valence-electron chi connectivity index (χ0n) is 8.37. The summed E-state index contributed by atoms with van der Waals surface area (Å²) in [6.45, 7) is 2.72. The maximum Gasteiger partial charge on any atom is 0.119 e. The van der Waals surface area contributed by atoms with Crippen molar-refractivity contribution >= 4 is 15.9 Å². The summed E-state index contributed by atoms with van der Waals surface area (Å²) in [5.41, 5.74) is 5.83. The molecule has 0 spiro atoms. The highest BCUT2D eigenvalue weighted by atomic mass is 79.9. The van der Waals surface area contributed by atoms with Gasteiger partial charge < -0.3 is 10.5 Å². The molecule has 1 aromatic rings. The minimum atomic E-state index is 0.142. The molecule has 0 aliphatic carbocycles. The van der Waals surface area contributed by atoms with Gasteiger partial charge in [0, 0.05) is 10.5 Å². The Labute approximate surface area is 93.6 Å². The number of benzene rings is 1. The van der Waals surface area contributed by atoms with Crippen molar-refractivity contribution < 1.29 is 4.74 Å². The summed E-state index contributed by atoms with van der Waals surface area (Å²) in [5.74, 6) is 0.875. The zero-order chi connectivity index (χ0) is 10.4. The van der Waals surface area contributed by atoms with Crippen LogP contribution in [-0.2, 0) is 0 Å². The quantitative estimate of drug-likeness (QED) is 0.881. The molecule has 1 rings (SSSR count). The van der Waals surface area contributed by atoms with Gasteiger partial charge in [-0.25, -0.2) is 0 Å². The van der Waals surface area contributed by atoms with Crippen LogP contribution in [0.5, 0.6) is 5.75 Å². The molecular formula is C11H16BrNO. The second kappa shape index (κ2) is 6.04. The average Bonchev–Trinajstić information content (AvgIpc) is 2.17. The molecule has 0 aliphatic rings. The first-order chi connectivity index (χ1) is 6.72. The smallest absolute Gasteiger partial charge is 0.119 e. The van der Waals surface area contributed by atoms with Crippen LogP contribution in [0.15, 0.2) is 28.7 Å². The molecule has 0 fully saturated rings. The van der Waals surface area contributed by atoms with Crippen LogP contribution in [0, 0.1) is 0 Å². The molecule has 14 heavy (non-hydrogen) atoms. The summed E-state index contributed by atoms with van der Waals surface area (Å²) in [6.07, 6.45) is 2.11. The van der Waals surface area contributed by atoms with Crippen molar-refractivity contribution in [3.05, 3.63) is 28.7 Å². The fraction of sp³-hybridized carbons (Fsp3) is 0.455. The van der Waals surface area contributed by atoms with E-state index in [9.17, 15) is 0 Å². The molecule has 0 amide bonds. The molecule has 1 aromatic carbocycles. The van der Waals surface area contributed by atoms with E-state index < -0.39 is 0 Å². The highest BCUT2D eigenvalue weighted by Crippen LogP contribution is 2.16. The summed E-state index contributed by atoms with van der Waals surface area (Å²) >= 11 is 3.37. The first-order valence-electron chi connectivity index (χ1n) is 4.86. The zero-order valence-corrected chi connectivity index (χ0v) is 9.96. The first-order valence-corrected chi connectivity index (χ1v) is 5.65. The Morgan fingerprint density at radius 1 is 1.36 bits per heavy atom. The van der Waals surface area contributed by atoms with Gasteiger partial charge >= 0.3 is 0 Å². The third kappa shape index (κ3) is 4.11. The van der Waals surface area contributed by atoms with Gasteiger partial charge in [-0.2, -0.15) is 0 Å². The van der Waals surface area contributed by atoms with E-state index in [4.69, 9.17) is 10.5 Å². The molecule has 78 valence electrons. The van der Waals surface area contributed by atoms with Gasteiger partial charge in [-0.1, -0.05) is 29.3 Å². The average molecular weight is 258 g/mol. The van der Waals surface area contributed by atoms with Crippen molar-refractivity contribution in [2.75, 3.05) is 6.61 Å². The molecule has 1 unspecified atom stereocenters. The van der Waals surface area contributed by atoms with Crippen LogP contribution in [0.2, 0.25) is 0 Å².